The number of nitrogens with one attached hydrogen (secondary N) is 1. The Kier molecular flexibility index (Phi) is 5.79. The fourth-order valence-electron chi connectivity index (χ4n) is 2.29. The average Bonchev–Trinajstić information content (AvgIpc) is 2.90. The minimum Gasteiger partial charge on any atom is -0.496 e. The maximum atomic E-state index is 5.37. The van der Waals surface area contributed by atoms with Gasteiger partial charge in [0.05, 0.1) is 13.7 Å². The smallest absolute Gasteiger partial charge is 0.124 e. The molecule has 1 aromatic heterocycles. The van der Waals surface area contributed by atoms with Crippen molar-refractivity contribution in [1.29, 1.82) is 0 Å². The Hall–Kier alpha value is -1.36. The van der Waals surface area contributed by atoms with Gasteiger partial charge in [0.2, 0.25) is 0 Å². The summed E-state index contributed by atoms with van der Waals surface area (Å²) in [5, 5.41) is 3.56. The number of thiophene rings is 1. The van der Waals surface area contributed by atoms with Crippen molar-refractivity contribution >= 4 is 11.3 Å². The standard InChI is InChI=1S/C17H23NO2S/c1-12-5-7-16(21-12)10-18-13(2)14-6-8-17(20-4)15(9-14)11-19-3/h5-9,13,18H,10-11H2,1-4H3. The summed E-state index contributed by atoms with van der Waals surface area (Å²) in [7, 11) is 3.39. The molecule has 21 heavy (non-hydrogen) atoms. The van der Waals surface area contributed by atoms with Crippen LogP contribution in [-0.2, 0) is 17.9 Å². The Bertz CT molecular complexity index is 580. The second kappa shape index (κ2) is 7.59. The molecule has 0 saturated carbocycles. The predicted molar refractivity (Wildman–Crippen MR) is 88.0 cm³/mol. The fraction of sp³-hybridized carbons (Fsp3) is 0.412. The van der Waals surface area contributed by atoms with Crippen LogP contribution >= 0.6 is 11.3 Å². The van der Waals surface area contributed by atoms with Gasteiger partial charge in [-0.25, -0.2) is 0 Å². The third kappa shape index (κ3) is 4.30. The van der Waals surface area contributed by atoms with E-state index in [-0.39, 0.29) is 6.04 Å². The fourth-order valence-corrected chi connectivity index (χ4v) is 3.13. The lowest BCUT2D eigenvalue weighted by Crippen LogP contribution is -2.17. The van der Waals surface area contributed by atoms with Crippen molar-refractivity contribution in [2.45, 2.75) is 33.0 Å². The van der Waals surface area contributed by atoms with E-state index in [1.807, 2.05) is 17.4 Å². The van der Waals surface area contributed by atoms with Crippen LogP contribution in [0.5, 0.6) is 5.75 Å². The van der Waals surface area contributed by atoms with Crippen LogP contribution in [0.3, 0.4) is 0 Å². The molecule has 0 radical (unpaired) electrons. The van der Waals surface area contributed by atoms with Crippen molar-refractivity contribution in [3.8, 4) is 5.75 Å². The number of ether oxygens (including phenoxy) is 2. The summed E-state index contributed by atoms with van der Waals surface area (Å²) in [5.41, 5.74) is 2.33. The highest BCUT2D eigenvalue weighted by molar-refractivity contribution is 7.11. The Labute approximate surface area is 130 Å². The highest BCUT2D eigenvalue weighted by Crippen LogP contribution is 2.24. The molecule has 0 aliphatic heterocycles. The summed E-state index contributed by atoms with van der Waals surface area (Å²) in [5.74, 6) is 0.877. The van der Waals surface area contributed by atoms with E-state index in [1.165, 1.54) is 15.3 Å². The number of aryl methyl sites for hydroxylation is 1. The molecule has 2 rings (SSSR count). The van der Waals surface area contributed by atoms with Gasteiger partial charge in [-0.15, -0.1) is 11.3 Å². The zero-order valence-electron chi connectivity index (χ0n) is 13.1. The quantitative estimate of drug-likeness (QED) is 0.836. The molecule has 1 unspecified atom stereocenters. The van der Waals surface area contributed by atoms with Crippen LogP contribution < -0.4 is 10.1 Å². The summed E-state index contributed by atoms with van der Waals surface area (Å²) in [6, 6.07) is 10.9. The summed E-state index contributed by atoms with van der Waals surface area (Å²) >= 11 is 1.84. The SMILES string of the molecule is COCc1cc(C(C)NCc2ccc(C)s2)ccc1OC. The van der Waals surface area contributed by atoms with E-state index in [2.05, 4.69) is 43.4 Å². The summed E-state index contributed by atoms with van der Waals surface area (Å²) < 4.78 is 10.6. The molecule has 0 bridgehead atoms. The first-order valence-corrected chi connectivity index (χ1v) is 7.90. The van der Waals surface area contributed by atoms with Crippen LogP contribution in [0.2, 0.25) is 0 Å². The van der Waals surface area contributed by atoms with Gasteiger partial charge in [0.15, 0.2) is 0 Å². The first-order valence-electron chi connectivity index (χ1n) is 7.08. The van der Waals surface area contributed by atoms with Gasteiger partial charge in [0, 0.05) is 35.0 Å². The average molecular weight is 305 g/mol. The van der Waals surface area contributed by atoms with Crippen molar-refractivity contribution in [1.82, 2.24) is 5.32 Å². The van der Waals surface area contributed by atoms with E-state index in [9.17, 15) is 0 Å². The van der Waals surface area contributed by atoms with Crippen molar-refractivity contribution in [3.05, 3.63) is 51.2 Å². The van der Waals surface area contributed by atoms with Crippen molar-refractivity contribution in [3.63, 3.8) is 0 Å². The molecular formula is C17H23NO2S. The maximum absolute atomic E-state index is 5.37. The zero-order valence-corrected chi connectivity index (χ0v) is 13.9. The molecule has 1 aromatic carbocycles. The second-order valence-corrected chi connectivity index (χ2v) is 6.49. The first kappa shape index (κ1) is 16.0. The molecule has 3 nitrogen and oxygen atoms in total. The number of methoxy groups -OCH3 is 2. The lowest BCUT2D eigenvalue weighted by Gasteiger charge is -2.16. The van der Waals surface area contributed by atoms with Gasteiger partial charge in [-0.3, -0.25) is 0 Å². The number of hydrogen-bond acceptors (Lipinski definition) is 4. The van der Waals surface area contributed by atoms with Crippen molar-refractivity contribution in [2.75, 3.05) is 14.2 Å². The predicted octanol–water partition coefficient (Wildman–Crippen LogP) is 4.06. The van der Waals surface area contributed by atoms with Gasteiger partial charge in [0.1, 0.15) is 5.75 Å². The number of benzene rings is 1. The molecule has 1 N–H and O–H groups in total. The molecule has 0 aliphatic carbocycles. The third-order valence-electron chi connectivity index (χ3n) is 3.48. The van der Waals surface area contributed by atoms with E-state index in [1.54, 1.807) is 14.2 Å². The molecule has 0 spiro atoms. The summed E-state index contributed by atoms with van der Waals surface area (Å²) in [6.07, 6.45) is 0. The molecule has 0 aliphatic rings. The highest BCUT2D eigenvalue weighted by Gasteiger charge is 2.10. The monoisotopic (exact) mass is 305 g/mol. The molecule has 1 atom stereocenters. The largest absolute Gasteiger partial charge is 0.496 e. The van der Waals surface area contributed by atoms with E-state index in [0.29, 0.717) is 6.61 Å². The van der Waals surface area contributed by atoms with Gasteiger partial charge < -0.3 is 14.8 Å². The van der Waals surface area contributed by atoms with Gasteiger partial charge in [-0.1, -0.05) is 6.07 Å². The van der Waals surface area contributed by atoms with Crippen LogP contribution in [0.25, 0.3) is 0 Å². The Balaban J connectivity index is 2.04. The van der Waals surface area contributed by atoms with E-state index >= 15 is 0 Å². The van der Waals surface area contributed by atoms with Gasteiger partial charge >= 0.3 is 0 Å². The van der Waals surface area contributed by atoms with Crippen LogP contribution in [-0.4, -0.2) is 14.2 Å². The lowest BCUT2D eigenvalue weighted by atomic mass is 10.0. The minimum absolute atomic E-state index is 0.286. The molecular weight excluding hydrogens is 282 g/mol. The normalized spacial score (nSPS) is 12.4. The summed E-state index contributed by atoms with van der Waals surface area (Å²) in [6.45, 7) is 5.77. The molecule has 0 amide bonds. The Morgan fingerprint density at radius 1 is 1.19 bits per heavy atom. The summed E-state index contributed by atoms with van der Waals surface area (Å²) in [4.78, 5) is 2.72. The Morgan fingerprint density at radius 3 is 2.62 bits per heavy atom. The molecule has 0 saturated heterocycles. The third-order valence-corrected chi connectivity index (χ3v) is 4.48. The van der Waals surface area contributed by atoms with E-state index in [4.69, 9.17) is 9.47 Å². The van der Waals surface area contributed by atoms with Crippen LogP contribution in [0.4, 0.5) is 0 Å². The molecule has 4 heteroatoms. The van der Waals surface area contributed by atoms with Crippen molar-refractivity contribution in [2.24, 2.45) is 0 Å². The van der Waals surface area contributed by atoms with Crippen LogP contribution in [0.15, 0.2) is 30.3 Å². The van der Waals surface area contributed by atoms with E-state index in [0.717, 1.165) is 17.9 Å². The molecule has 114 valence electrons. The second-order valence-electron chi connectivity index (χ2n) is 5.12. The number of rotatable bonds is 7. The van der Waals surface area contributed by atoms with Crippen LogP contribution in [0.1, 0.15) is 33.8 Å². The number of hydrogen-bond donors (Lipinski definition) is 1. The van der Waals surface area contributed by atoms with Gasteiger partial charge in [0.25, 0.3) is 0 Å². The van der Waals surface area contributed by atoms with Gasteiger partial charge in [-0.05, 0) is 43.7 Å². The molecule has 0 fully saturated rings. The van der Waals surface area contributed by atoms with E-state index < -0.39 is 0 Å². The molecule has 2 aromatic rings. The highest BCUT2D eigenvalue weighted by atomic mass is 32.1. The maximum Gasteiger partial charge on any atom is 0.124 e. The minimum atomic E-state index is 0.286. The topological polar surface area (TPSA) is 30.5 Å². The van der Waals surface area contributed by atoms with Gasteiger partial charge in [-0.2, -0.15) is 0 Å². The van der Waals surface area contributed by atoms with Crippen LogP contribution in [0, 0.1) is 6.92 Å². The van der Waals surface area contributed by atoms with Crippen molar-refractivity contribution < 1.29 is 9.47 Å². The lowest BCUT2D eigenvalue weighted by molar-refractivity contribution is 0.181. The Morgan fingerprint density at radius 2 is 2.00 bits per heavy atom. The first-order chi connectivity index (χ1) is 10.1. The zero-order chi connectivity index (χ0) is 15.2. The molecule has 1 heterocycles.